The van der Waals surface area contributed by atoms with Crippen molar-refractivity contribution in [2.45, 2.75) is 39.3 Å². The first-order valence-corrected chi connectivity index (χ1v) is 11.4. The predicted octanol–water partition coefficient (Wildman–Crippen LogP) is 4.65. The molecule has 0 radical (unpaired) electrons. The van der Waals surface area contributed by atoms with Crippen LogP contribution in [0.1, 0.15) is 31.9 Å². The Bertz CT molecular complexity index is 846. The second-order valence-corrected chi connectivity index (χ2v) is 12.4. The first-order chi connectivity index (χ1) is 12.8. The highest BCUT2D eigenvalue weighted by Crippen LogP contribution is 2.37. The monoisotopic (exact) mass is 375 g/mol. The van der Waals surface area contributed by atoms with Crippen molar-refractivity contribution in [2.24, 2.45) is 0 Å². The van der Waals surface area contributed by atoms with Gasteiger partial charge in [-0.15, -0.1) is 0 Å². The van der Waals surface area contributed by atoms with Crippen LogP contribution in [0.15, 0.2) is 78.9 Å². The molecule has 2 nitrogen and oxygen atoms in total. The Morgan fingerprint density at radius 3 is 1.78 bits per heavy atom. The molecular weight excluding hydrogens is 346 g/mol. The van der Waals surface area contributed by atoms with Gasteiger partial charge in [-0.1, -0.05) is 93.6 Å². The number of anilines is 1. The van der Waals surface area contributed by atoms with Crippen LogP contribution >= 0.6 is 0 Å². The predicted molar refractivity (Wildman–Crippen MR) is 118 cm³/mol. The van der Waals surface area contributed by atoms with Crippen LogP contribution in [-0.2, 0) is 11.0 Å². The Morgan fingerprint density at radius 1 is 0.815 bits per heavy atom. The average molecular weight is 376 g/mol. The van der Waals surface area contributed by atoms with Crippen molar-refractivity contribution in [3.05, 3.63) is 90.0 Å². The lowest BCUT2D eigenvalue weighted by Gasteiger charge is -2.43. The molecule has 0 heterocycles. The first kappa shape index (κ1) is 19.4. The fraction of sp³-hybridized carbons (Fsp3) is 0.250. The highest BCUT2D eigenvalue weighted by molar-refractivity contribution is 6.99. The number of nitrogens with two attached hydrogens (primary N) is 1. The van der Waals surface area contributed by atoms with Gasteiger partial charge in [-0.25, -0.2) is 0 Å². The topological polar surface area (TPSA) is 35.2 Å². The van der Waals surface area contributed by atoms with Crippen molar-refractivity contribution in [3.63, 3.8) is 0 Å². The molecule has 0 aromatic heterocycles. The van der Waals surface area contributed by atoms with E-state index >= 15 is 0 Å². The van der Waals surface area contributed by atoms with Crippen LogP contribution in [-0.4, -0.2) is 8.32 Å². The van der Waals surface area contributed by atoms with E-state index in [1.165, 1.54) is 10.4 Å². The van der Waals surface area contributed by atoms with E-state index in [0.717, 1.165) is 16.8 Å². The third-order valence-corrected chi connectivity index (χ3v) is 10.2. The Labute approximate surface area is 164 Å². The van der Waals surface area contributed by atoms with E-state index in [0.29, 0.717) is 6.61 Å². The molecular formula is C24H29NOSi. The van der Waals surface area contributed by atoms with Gasteiger partial charge in [0.15, 0.2) is 0 Å². The van der Waals surface area contributed by atoms with Gasteiger partial charge in [0.05, 0.1) is 6.61 Å². The smallest absolute Gasteiger partial charge is 0.261 e. The quantitative estimate of drug-likeness (QED) is 0.520. The minimum Gasteiger partial charge on any atom is -0.403 e. The molecule has 0 spiro atoms. The zero-order valence-corrected chi connectivity index (χ0v) is 17.7. The molecule has 0 saturated heterocycles. The summed E-state index contributed by atoms with van der Waals surface area (Å²) in [4.78, 5) is 0. The summed E-state index contributed by atoms with van der Waals surface area (Å²) in [6.07, 6.45) is 0. The van der Waals surface area contributed by atoms with Crippen molar-refractivity contribution in [2.75, 3.05) is 5.73 Å². The number of aryl methyl sites for hydroxylation is 1. The SMILES string of the molecule is Cc1cc(CO[Si](c2ccccc2)(c2ccccc2)C(C)(C)C)ccc1N. The van der Waals surface area contributed by atoms with Gasteiger partial charge in [-0.3, -0.25) is 0 Å². The summed E-state index contributed by atoms with van der Waals surface area (Å²) in [6.45, 7) is 9.52. The number of hydrogen-bond acceptors (Lipinski definition) is 2. The van der Waals surface area contributed by atoms with Gasteiger partial charge in [0.2, 0.25) is 0 Å². The standard InChI is InChI=1S/C24H29NOSi/c1-19-17-20(15-16-23(19)25)18-26-27(24(2,3)4,21-11-7-5-8-12-21)22-13-9-6-10-14-22/h5-17H,18,25H2,1-4H3. The fourth-order valence-electron chi connectivity index (χ4n) is 3.78. The van der Waals surface area contributed by atoms with E-state index in [-0.39, 0.29) is 5.04 Å². The lowest BCUT2D eigenvalue weighted by atomic mass is 10.1. The van der Waals surface area contributed by atoms with Crippen molar-refractivity contribution in [1.29, 1.82) is 0 Å². The maximum Gasteiger partial charge on any atom is 0.261 e. The van der Waals surface area contributed by atoms with Crippen LogP contribution in [0.5, 0.6) is 0 Å². The molecule has 0 aliphatic carbocycles. The van der Waals surface area contributed by atoms with Crippen molar-refractivity contribution in [3.8, 4) is 0 Å². The van der Waals surface area contributed by atoms with Crippen LogP contribution < -0.4 is 16.1 Å². The lowest BCUT2D eigenvalue weighted by Crippen LogP contribution is -2.66. The summed E-state index contributed by atoms with van der Waals surface area (Å²) in [5, 5.41) is 2.59. The zero-order valence-electron chi connectivity index (χ0n) is 16.7. The van der Waals surface area contributed by atoms with Gasteiger partial charge in [0.25, 0.3) is 8.32 Å². The average Bonchev–Trinajstić information content (AvgIpc) is 2.66. The summed E-state index contributed by atoms with van der Waals surface area (Å²) in [5.74, 6) is 0. The van der Waals surface area contributed by atoms with Crippen LogP contribution in [0.25, 0.3) is 0 Å². The molecule has 140 valence electrons. The molecule has 3 rings (SSSR count). The van der Waals surface area contributed by atoms with Gasteiger partial charge < -0.3 is 10.2 Å². The van der Waals surface area contributed by atoms with Crippen molar-refractivity contribution in [1.82, 2.24) is 0 Å². The first-order valence-electron chi connectivity index (χ1n) is 9.44. The van der Waals surface area contributed by atoms with Crippen LogP contribution in [0.4, 0.5) is 5.69 Å². The summed E-state index contributed by atoms with van der Waals surface area (Å²) in [5.41, 5.74) is 9.07. The summed E-state index contributed by atoms with van der Waals surface area (Å²) in [6, 6.07) is 27.6. The van der Waals surface area contributed by atoms with Gasteiger partial charge in [0, 0.05) is 5.69 Å². The van der Waals surface area contributed by atoms with Crippen molar-refractivity contribution < 1.29 is 4.43 Å². The van der Waals surface area contributed by atoms with Gasteiger partial charge in [0.1, 0.15) is 0 Å². The molecule has 0 atom stereocenters. The number of nitrogen functional groups attached to an aromatic ring is 1. The normalized spacial score (nSPS) is 12.1. The van der Waals surface area contributed by atoms with E-state index in [9.17, 15) is 0 Å². The molecule has 0 bridgehead atoms. The highest BCUT2D eigenvalue weighted by Gasteiger charge is 2.50. The second-order valence-electron chi connectivity index (χ2n) is 8.14. The van der Waals surface area contributed by atoms with E-state index < -0.39 is 8.32 Å². The summed E-state index contributed by atoms with van der Waals surface area (Å²) < 4.78 is 6.95. The summed E-state index contributed by atoms with van der Waals surface area (Å²) in [7, 11) is -2.49. The Balaban J connectivity index is 2.10. The molecule has 0 amide bonds. The maximum absolute atomic E-state index is 6.95. The molecule has 27 heavy (non-hydrogen) atoms. The molecule has 0 unspecified atom stereocenters. The molecule has 0 aliphatic rings. The zero-order chi connectivity index (χ0) is 19.5. The number of rotatable bonds is 5. The molecule has 0 aliphatic heterocycles. The van der Waals surface area contributed by atoms with Crippen LogP contribution in [0, 0.1) is 6.92 Å². The highest BCUT2D eigenvalue weighted by atomic mass is 28.4. The third kappa shape index (κ3) is 3.85. The minimum absolute atomic E-state index is 0.0153. The molecule has 2 N–H and O–H groups in total. The Morgan fingerprint density at radius 2 is 1.33 bits per heavy atom. The van der Waals surface area contributed by atoms with Gasteiger partial charge in [-0.05, 0) is 39.5 Å². The Hall–Kier alpha value is -2.36. The number of hydrogen-bond donors (Lipinski definition) is 1. The van der Waals surface area contributed by atoms with E-state index in [1.54, 1.807) is 0 Å². The van der Waals surface area contributed by atoms with Crippen molar-refractivity contribution >= 4 is 24.4 Å². The number of benzene rings is 3. The summed E-state index contributed by atoms with van der Waals surface area (Å²) >= 11 is 0. The molecule has 3 aromatic rings. The third-order valence-electron chi connectivity index (χ3n) is 5.21. The van der Waals surface area contributed by atoms with Gasteiger partial charge in [-0.2, -0.15) is 0 Å². The van der Waals surface area contributed by atoms with Gasteiger partial charge >= 0.3 is 0 Å². The van der Waals surface area contributed by atoms with Crippen LogP contribution in [0.3, 0.4) is 0 Å². The molecule has 0 fully saturated rings. The molecule has 3 aromatic carbocycles. The largest absolute Gasteiger partial charge is 0.403 e. The lowest BCUT2D eigenvalue weighted by molar-refractivity contribution is 0.286. The van der Waals surface area contributed by atoms with E-state index in [1.807, 2.05) is 13.0 Å². The molecule has 0 saturated carbocycles. The minimum atomic E-state index is -2.49. The maximum atomic E-state index is 6.95. The molecule has 3 heteroatoms. The second kappa shape index (κ2) is 7.71. The van der Waals surface area contributed by atoms with E-state index in [4.69, 9.17) is 10.2 Å². The fourth-order valence-corrected chi connectivity index (χ4v) is 8.32. The Kier molecular flexibility index (Phi) is 5.54. The van der Waals surface area contributed by atoms with E-state index in [2.05, 4.69) is 93.6 Å². The van der Waals surface area contributed by atoms with Crippen LogP contribution in [0.2, 0.25) is 5.04 Å².